The molecular formula is C4H10Cl2NTi-. The molecule has 0 radical (unpaired) electrons. The predicted molar refractivity (Wildman–Crippen MR) is 35.8 cm³/mol. The van der Waals surface area contributed by atoms with Gasteiger partial charge in [-0.15, -0.1) is 5.54 Å². The Morgan fingerprint density at radius 2 is 1.25 bits per heavy atom. The van der Waals surface area contributed by atoms with Crippen LogP contribution in [0.4, 0.5) is 0 Å². The van der Waals surface area contributed by atoms with E-state index in [2.05, 4.69) is 0 Å². The molecule has 0 fully saturated rings. The standard InChI is InChI=1S/C4H10N.2ClH.Ti/c1-4(2,3)5;;;/h5H,1-3H3;2*1H;/q-1;;;+2/p-2. The minimum absolute atomic E-state index is 0.250. The third-order valence-corrected chi connectivity index (χ3v) is 0. The molecule has 0 aliphatic heterocycles. The van der Waals surface area contributed by atoms with Gasteiger partial charge < -0.3 is 5.73 Å². The first kappa shape index (κ1) is 12.0. The first-order valence-corrected chi connectivity index (χ1v) is 6.43. The summed E-state index contributed by atoms with van der Waals surface area (Å²) in [5.74, 6) is 0. The Balaban J connectivity index is 0. The van der Waals surface area contributed by atoms with E-state index >= 15 is 0 Å². The zero-order valence-corrected chi connectivity index (χ0v) is 8.33. The van der Waals surface area contributed by atoms with E-state index in [1.54, 1.807) is 0 Å². The van der Waals surface area contributed by atoms with Crippen molar-refractivity contribution in [2.75, 3.05) is 0 Å². The SMILES string of the molecule is CC(C)(C)[NH-].[Cl][Ti][Cl]. The average Bonchev–Trinajstić information content (AvgIpc) is 1.27. The molecule has 0 aliphatic carbocycles. The first-order chi connectivity index (χ1) is 3.41. The van der Waals surface area contributed by atoms with Gasteiger partial charge in [-0.25, -0.2) is 0 Å². The molecule has 0 saturated carbocycles. The summed E-state index contributed by atoms with van der Waals surface area (Å²) < 4.78 is 0. The van der Waals surface area contributed by atoms with Crippen LogP contribution >= 0.6 is 18.6 Å². The van der Waals surface area contributed by atoms with Gasteiger partial charge >= 0.3 is 35.6 Å². The summed E-state index contributed by atoms with van der Waals surface area (Å²) in [6.45, 7) is 5.56. The molecule has 0 bridgehead atoms. The molecular weight excluding hydrogens is 181 g/mol. The van der Waals surface area contributed by atoms with Crippen LogP contribution in [-0.4, -0.2) is 5.54 Å². The van der Waals surface area contributed by atoms with Gasteiger partial charge in [0, 0.05) is 0 Å². The van der Waals surface area contributed by atoms with Gasteiger partial charge in [-0.3, -0.25) is 0 Å². The average molecular weight is 191 g/mol. The van der Waals surface area contributed by atoms with Crippen molar-refractivity contribution in [2.45, 2.75) is 26.3 Å². The Labute approximate surface area is 67.6 Å². The van der Waals surface area contributed by atoms with Gasteiger partial charge in [-0.2, -0.15) is 0 Å². The summed E-state index contributed by atoms with van der Waals surface area (Å²) in [5, 5.41) is 0. The normalized spacial score (nSPS) is 9.25. The molecule has 0 spiro atoms. The van der Waals surface area contributed by atoms with Crippen LogP contribution < -0.4 is 0 Å². The Hall–Kier alpha value is 1.25. The van der Waals surface area contributed by atoms with Crippen LogP contribution in [0.2, 0.25) is 0 Å². The van der Waals surface area contributed by atoms with Crippen molar-refractivity contribution in [1.29, 1.82) is 0 Å². The van der Waals surface area contributed by atoms with Crippen molar-refractivity contribution < 1.29 is 17.0 Å². The molecule has 0 atom stereocenters. The third-order valence-electron chi connectivity index (χ3n) is 0. The molecule has 0 saturated heterocycles. The van der Waals surface area contributed by atoms with Crippen LogP contribution in [0.25, 0.3) is 5.73 Å². The molecule has 4 heteroatoms. The van der Waals surface area contributed by atoms with Gasteiger partial charge in [0.1, 0.15) is 0 Å². The van der Waals surface area contributed by atoms with Crippen molar-refractivity contribution in [3.8, 4) is 0 Å². The van der Waals surface area contributed by atoms with Crippen LogP contribution in [0.3, 0.4) is 0 Å². The zero-order chi connectivity index (χ0) is 7.21. The van der Waals surface area contributed by atoms with Crippen LogP contribution in [-0.2, 0) is 17.0 Å². The number of halogens is 2. The fourth-order valence-electron chi connectivity index (χ4n) is 0. The number of nitrogens with one attached hydrogen (secondary N) is 1. The summed E-state index contributed by atoms with van der Waals surface area (Å²) >= 11 is -0.556. The Morgan fingerprint density at radius 1 is 1.25 bits per heavy atom. The minimum atomic E-state index is -0.556. The Kier molecular flexibility index (Phi) is 9.55. The molecule has 0 amide bonds. The van der Waals surface area contributed by atoms with E-state index in [1.807, 2.05) is 20.8 Å². The second kappa shape index (κ2) is 6.38. The monoisotopic (exact) mass is 190 g/mol. The number of hydrogen-bond donors (Lipinski definition) is 0. The molecule has 0 aromatic heterocycles. The summed E-state index contributed by atoms with van der Waals surface area (Å²) in [4.78, 5) is 0. The van der Waals surface area contributed by atoms with Crippen LogP contribution in [0.15, 0.2) is 0 Å². The topological polar surface area (TPSA) is 23.8 Å². The third kappa shape index (κ3) is 180. The summed E-state index contributed by atoms with van der Waals surface area (Å²) in [6, 6.07) is 0. The van der Waals surface area contributed by atoms with Crippen LogP contribution in [0.5, 0.6) is 0 Å². The molecule has 1 nitrogen and oxygen atoms in total. The maximum atomic E-state index is 6.94. The molecule has 0 aromatic carbocycles. The van der Waals surface area contributed by atoms with Gasteiger partial charge in [0.25, 0.3) is 0 Å². The molecule has 8 heavy (non-hydrogen) atoms. The molecule has 0 rings (SSSR count). The van der Waals surface area contributed by atoms with Crippen molar-refractivity contribution in [3.05, 3.63) is 5.73 Å². The Bertz CT molecular complexity index is 37.8. The molecule has 1 N–H and O–H groups in total. The van der Waals surface area contributed by atoms with Crippen LogP contribution in [0, 0.1) is 0 Å². The Morgan fingerprint density at radius 3 is 1.25 bits per heavy atom. The molecule has 0 unspecified atom stereocenters. The van der Waals surface area contributed by atoms with Crippen molar-refractivity contribution in [3.63, 3.8) is 0 Å². The number of rotatable bonds is 0. The summed E-state index contributed by atoms with van der Waals surface area (Å²) in [7, 11) is 9.78. The summed E-state index contributed by atoms with van der Waals surface area (Å²) in [6.07, 6.45) is 0. The second-order valence-electron chi connectivity index (χ2n) is 2.32. The van der Waals surface area contributed by atoms with Crippen molar-refractivity contribution in [2.24, 2.45) is 0 Å². The van der Waals surface area contributed by atoms with Gasteiger partial charge in [-0.05, 0) is 0 Å². The van der Waals surface area contributed by atoms with E-state index in [1.165, 1.54) is 0 Å². The van der Waals surface area contributed by atoms with Crippen molar-refractivity contribution in [1.82, 2.24) is 0 Å². The fraction of sp³-hybridized carbons (Fsp3) is 1.00. The van der Waals surface area contributed by atoms with E-state index in [-0.39, 0.29) is 5.54 Å². The molecule has 0 heterocycles. The fourth-order valence-corrected chi connectivity index (χ4v) is 0. The maximum absolute atomic E-state index is 6.94. The van der Waals surface area contributed by atoms with Crippen molar-refractivity contribution >= 4 is 18.6 Å². The van der Waals surface area contributed by atoms with Gasteiger partial charge in [-0.1, -0.05) is 20.8 Å². The van der Waals surface area contributed by atoms with E-state index < -0.39 is 17.0 Å². The zero-order valence-electron chi connectivity index (χ0n) is 5.26. The van der Waals surface area contributed by atoms with E-state index in [9.17, 15) is 0 Å². The van der Waals surface area contributed by atoms with E-state index in [0.29, 0.717) is 0 Å². The summed E-state index contributed by atoms with van der Waals surface area (Å²) in [5.41, 5.74) is 6.69. The molecule has 50 valence electrons. The second-order valence-corrected chi connectivity index (χ2v) is 4.90. The van der Waals surface area contributed by atoms with Gasteiger partial charge in [0.05, 0.1) is 0 Å². The van der Waals surface area contributed by atoms with E-state index in [4.69, 9.17) is 24.3 Å². The predicted octanol–water partition coefficient (Wildman–Crippen LogP) is 3.21. The molecule has 0 aliphatic rings. The van der Waals surface area contributed by atoms with Gasteiger partial charge in [0.2, 0.25) is 0 Å². The molecule has 0 aromatic rings. The number of hydrogen-bond acceptors (Lipinski definition) is 0. The first-order valence-electron chi connectivity index (χ1n) is 2.13. The van der Waals surface area contributed by atoms with Crippen LogP contribution in [0.1, 0.15) is 20.8 Å². The van der Waals surface area contributed by atoms with Gasteiger partial charge in [0.15, 0.2) is 0 Å². The quantitative estimate of drug-likeness (QED) is 0.524. The van der Waals surface area contributed by atoms with E-state index in [0.717, 1.165) is 0 Å².